The Morgan fingerprint density at radius 2 is 2.10 bits per heavy atom. The van der Waals surface area contributed by atoms with Crippen LogP contribution in [0, 0.1) is 0 Å². The van der Waals surface area contributed by atoms with Crippen molar-refractivity contribution in [2.24, 2.45) is 0 Å². The van der Waals surface area contributed by atoms with Crippen molar-refractivity contribution in [2.45, 2.75) is 39.3 Å². The van der Waals surface area contributed by atoms with E-state index in [4.69, 9.17) is 4.74 Å². The second-order valence-corrected chi connectivity index (χ2v) is 5.16. The molecular weight excluding hydrogens is 262 g/mol. The number of nitrogens with zero attached hydrogens (tertiary/aromatic N) is 2. The lowest BCUT2D eigenvalue weighted by Crippen LogP contribution is -2.24. The fraction of sp³-hybridized carbons (Fsp3) is 0.471. The third-order valence-electron chi connectivity index (χ3n) is 3.61. The number of benzene rings is 1. The molecule has 114 valence electrons. The highest BCUT2D eigenvalue weighted by molar-refractivity contribution is 5.36. The molecular formula is C17H25N3O. The van der Waals surface area contributed by atoms with E-state index in [9.17, 15) is 0 Å². The molecule has 1 N–H and O–H groups in total. The highest BCUT2D eigenvalue weighted by Crippen LogP contribution is 2.27. The number of aromatic nitrogens is 2. The minimum atomic E-state index is 0.246. The molecule has 0 radical (unpaired) electrons. The van der Waals surface area contributed by atoms with Crippen LogP contribution in [-0.2, 0) is 13.0 Å². The summed E-state index contributed by atoms with van der Waals surface area (Å²) in [5, 5.41) is 7.98. The molecule has 1 atom stereocenters. The summed E-state index contributed by atoms with van der Waals surface area (Å²) in [5.41, 5.74) is 2.45. The normalized spacial score (nSPS) is 12.3. The lowest BCUT2D eigenvalue weighted by Gasteiger charge is -2.20. The number of methoxy groups -OCH3 is 1. The van der Waals surface area contributed by atoms with Crippen LogP contribution in [0.25, 0.3) is 0 Å². The maximum atomic E-state index is 5.51. The van der Waals surface area contributed by atoms with Crippen molar-refractivity contribution in [2.75, 3.05) is 13.7 Å². The minimum absolute atomic E-state index is 0.246. The maximum Gasteiger partial charge on any atom is 0.123 e. The molecule has 21 heavy (non-hydrogen) atoms. The third-order valence-corrected chi connectivity index (χ3v) is 3.61. The van der Waals surface area contributed by atoms with Gasteiger partial charge in [0.2, 0.25) is 0 Å². The van der Waals surface area contributed by atoms with Gasteiger partial charge in [0.05, 0.1) is 13.3 Å². The summed E-state index contributed by atoms with van der Waals surface area (Å²) in [6.45, 7) is 6.18. The molecule has 0 aliphatic rings. The number of hydrogen-bond donors (Lipinski definition) is 1. The molecule has 0 fully saturated rings. The molecule has 0 aliphatic carbocycles. The van der Waals surface area contributed by atoms with Gasteiger partial charge < -0.3 is 10.1 Å². The van der Waals surface area contributed by atoms with E-state index in [1.807, 2.05) is 23.0 Å². The lowest BCUT2D eigenvalue weighted by atomic mass is 9.99. The summed E-state index contributed by atoms with van der Waals surface area (Å²) in [6.07, 6.45) is 6.11. The smallest absolute Gasteiger partial charge is 0.123 e. The van der Waals surface area contributed by atoms with E-state index in [1.165, 1.54) is 11.1 Å². The molecule has 1 aromatic carbocycles. The van der Waals surface area contributed by atoms with E-state index < -0.39 is 0 Å². The molecule has 1 heterocycles. The zero-order valence-corrected chi connectivity index (χ0v) is 13.2. The van der Waals surface area contributed by atoms with Crippen LogP contribution < -0.4 is 10.1 Å². The Morgan fingerprint density at radius 1 is 1.29 bits per heavy atom. The molecule has 0 saturated heterocycles. The van der Waals surface area contributed by atoms with Crippen LogP contribution in [0.15, 0.2) is 36.7 Å². The number of para-hydroxylation sites is 1. The number of rotatable bonds is 8. The Morgan fingerprint density at radius 3 is 2.76 bits per heavy atom. The van der Waals surface area contributed by atoms with Crippen molar-refractivity contribution in [3.8, 4) is 5.75 Å². The van der Waals surface area contributed by atoms with Crippen molar-refractivity contribution in [1.82, 2.24) is 15.1 Å². The first-order chi connectivity index (χ1) is 10.3. The van der Waals surface area contributed by atoms with Crippen LogP contribution in [0.2, 0.25) is 0 Å². The van der Waals surface area contributed by atoms with Crippen LogP contribution >= 0.6 is 0 Å². The molecule has 2 aromatic rings. The lowest BCUT2D eigenvalue weighted by molar-refractivity contribution is 0.398. The van der Waals surface area contributed by atoms with Gasteiger partial charge in [-0.15, -0.1) is 0 Å². The third kappa shape index (κ3) is 4.08. The quantitative estimate of drug-likeness (QED) is 0.810. The summed E-state index contributed by atoms with van der Waals surface area (Å²) >= 11 is 0. The zero-order valence-electron chi connectivity index (χ0n) is 13.2. The highest BCUT2D eigenvalue weighted by atomic mass is 16.5. The van der Waals surface area contributed by atoms with Gasteiger partial charge >= 0.3 is 0 Å². The van der Waals surface area contributed by atoms with Gasteiger partial charge in [-0.3, -0.25) is 4.68 Å². The fourth-order valence-corrected chi connectivity index (χ4v) is 2.49. The van der Waals surface area contributed by atoms with Gasteiger partial charge in [-0.2, -0.15) is 5.10 Å². The molecule has 1 unspecified atom stereocenters. The van der Waals surface area contributed by atoms with Crippen molar-refractivity contribution < 1.29 is 4.74 Å². The van der Waals surface area contributed by atoms with Crippen molar-refractivity contribution in [3.05, 3.63) is 47.8 Å². The average molecular weight is 287 g/mol. The molecule has 0 bridgehead atoms. The summed E-state index contributed by atoms with van der Waals surface area (Å²) < 4.78 is 7.48. The van der Waals surface area contributed by atoms with Crippen molar-refractivity contribution in [1.29, 1.82) is 0 Å². The monoisotopic (exact) mass is 287 g/mol. The number of aryl methyl sites for hydroxylation is 1. The fourth-order valence-electron chi connectivity index (χ4n) is 2.49. The first-order valence-electron chi connectivity index (χ1n) is 7.66. The molecule has 1 aromatic heterocycles. The van der Waals surface area contributed by atoms with Crippen molar-refractivity contribution >= 4 is 0 Å². The van der Waals surface area contributed by atoms with Gasteiger partial charge in [-0.05, 0) is 37.9 Å². The van der Waals surface area contributed by atoms with E-state index in [-0.39, 0.29) is 6.04 Å². The standard InChI is InChI=1S/C17H25N3O/c1-4-10-18-16(11-14-12-19-20(5-2)13-14)15-8-6-7-9-17(15)21-3/h6-9,12-13,16,18H,4-5,10-11H2,1-3H3. The van der Waals surface area contributed by atoms with Crippen LogP contribution in [0.4, 0.5) is 0 Å². The Labute approximate surface area is 127 Å². The van der Waals surface area contributed by atoms with Gasteiger partial charge in [0.25, 0.3) is 0 Å². The molecule has 0 saturated carbocycles. The van der Waals surface area contributed by atoms with Crippen molar-refractivity contribution in [3.63, 3.8) is 0 Å². The minimum Gasteiger partial charge on any atom is -0.496 e. The summed E-state index contributed by atoms with van der Waals surface area (Å²) in [6, 6.07) is 8.47. The first-order valence-corrected chi connectivity index (χ1v) is 7.66. The zero-order chi connectivity index (χ0) is 15.1. The van der Waals surface area contributed by atoms with E-state index in [1.54, 1.807) is 7.11 Å². The van der Waals surface area contributed by atoms with Gasteiger partial charge in [0, 0.05) is 24.3 Å². The first kappa shape index (κ1) is 15.6. The number of nitrogens with one attached hydrogen (secondary N) is 1. The molecule has 0 amide bonds. The summed E-state index contributed by atoms with van der Waals surface area (Å²) in [7, 11) is 1.73. The predicted octanol–water partition coefficient (Wildman–Crippen LogP) is 3.20. The molecule has 2 rings (SSSR count). The maximum absolute atomic E-state index is 5.51. The van der Waals surface area contributed by atoms with Gasteiger partial charge in [0.1, 0.15) is 5.75 Å². The van der Waals surface area contributed by atoms with Gasteiger partial charge in [-0.25, -0.2) is 0 Å². The average Bonchev–Trinajstić information content (AvgIpc) is 2.99. The largest absolute Gasteiger partial charge is 0.496 e. The van der Waals surface area contributed by atoms with E-state index in [2.05, 4.69) is 42.6 Å². The molecule has 0 aliphatic heterocycles. The summed E-state index contributed by atoms with van der Waals surface area (Å²) in [5.74, 6) is 0.939. The summed E-state index contributed by atoms with van der Waals surface area (Å²) in [4.78, 5) is 0. The number of hydrogen-bond acceptors (Lipinski definition) is 3. The van der Waals surface area contributed by atoms with Crippen LogP contribution in [0.5, 0.6) is 5.75 Å². The second-order valence-electron chi connectivity index (χ2n) is 5.16. The van der Waals surface area contributed by atoms with E-state index in [0.29, 0.717) is 0 Å². The molecule has 0 spiro atoms. The second kappa shape index (κ2) is 7.84. The Balaban J connectivity index is 2.20. The van der Waals surface area contributed by atoms with E-state index >= 15 is 0 Å². The number of ether oxygens (including phenoxy) is 1. The van der Waals surface area contributed by atoms with Crippen LogP contribution in [0.1, 0.15) is 37.4 Å². The SMILES string of the molecule is CCCNC(Cc1cnn(CC)c1)c1ccccc1OC. The molecule has 4 nitrogen and oxygen atoms in total. The van der Waals surface area contributed by atoms with Crippen LogP contribution in [0.3, 0.4) is 0 Å². The molecule has 4 heteroatoms. The van der Waals surface area contributed by atoms with Gasteiger partial charge in [-0.1, -0.05) is 25.1 Å². The highest BCUT2D eigenvalue weighted by Gasteiger charge is 2.16. The predicted molar refractivity (Wildman–Crippen MR) is 85.6 cm³/mol. The Bertz CT molecular complexity index is 550. The topological polar surface area (TPSA) is 39.1 Å². The van der Waals surface area contributed by atoms with Gasteiger partial charge in [0.15, 0.2) is 0 Å². The Hall–Kier alpha value is -1.81. The van der Waals surface area contributed by atoms with E-state index in [0.717, 1.165) is 31.7 Å². The van der Waals surface area contributed by atoms with Crippen LogP contribution in [-0.4, -0.2) is 23.4 Å². The Kier molecular flexibility index (Phi) is 5.81.